The van der Waals surface area contributed by atoms with Crippen LogP contribution in [0.1, 0.15) is 29.8 Å². The zero-order valence-corrected chi connectivity index (χ0v) is 12.2. The SMILES string of the molecule is O=C(O)c1ccc(S(=O)(=O)N(CC2CCOC2)C2CC2)o1. The van der Waals surface area contributed by atoms with Crippen LogP contribution in [-0.2, 0) is 14.8 Å². The van der Waals surface area contributed by atoms with Crippen LogP contribution < -0.4 is 0 Å². The number of carbonyl (C=O) groups is 1. The van der Waals surface area contributed by atoms with Gasteiger partial charge >= 0.3 is 5.97 Å². The van der Waals surface area contributed by atoms with Gasteiger partial charge in [-0.25, -0.2) is 13.2 Å². The minimum atomic E-state index is -3.79. The van der Waals surface area contributed by atoms with Crippen molar-refractivity contribution in [1.29, 1.82) is 0 Å². The highest BCUT2D eigenvalue weighted by molar-refractivity contribution is 7.89. The summed E-state index contributed by atoms with van der Waals surface area (Å²) in [5.74, 6) is -1.46. The molecule has 2 aliphatic rings. The van der Waals surface area contributed by atoms with E-state index in [0.717, 1.165) is 19.3 Å². The number of nitrogens with zero attached hydrogens (tertiary/aromatic N) is 1. The van der Waals surface area contributed by atoms with E-state index in [0.29, 0.717) is 19.8 Å². The lowest BCUT2D eigenvalue weighted by Crippen LogP contribution is -2.37. The van der Waals surface area contributed by atoms with Crippen molar-refractivity contribution in [2.45, 2.75) is 30.4 Å². The van der Waals surface area contributed by atoms with E-state index in [1.165, 1.54) is 16.4 Å². The molecule has 0 amide bonds. The molecule has 1 saturated carbocycles. The van der Waals surface area contributed by atoms with Crippen LogP contribution >= 0.6 is 0 Å². The van der Waals surface area contributed by atoms with Gasteiger partial charge in [-0.3, -0.25) is 0 Å². The smallest absolute Gasteiger partial charge is 0.371 e. The van der Waals surface area contributed by atoms with Crippen LogP contribution in [0.2, 0.25) is 0 Å². The van der Waals surface area contributed by atoms with Gasteiger partial charge in [0.1, 0.15) is 0 Å². The first-order valence-electron chi connectivity index (χ1n) is 6.91. The molecule has 0 aromatic carbocycles. The lowest BCUT2D eigenvalue weighted by atomic mass is 10.1. The van der Waals surface area contributed by atoms with Gasteiger partial charge in [0, 0.05) is 19.2 Å². The summed E-state index contributed by atoms with van der Waals surface area (Å²) in [6.07, 6.45) is 2.51. The first-order valence-corrected chi connectivity index (χ1v) is 8.35. The molecule has 1 aliphatic carbocycles. The average Bonchev–Trinajstić information content (AvgIpc) is 2.95. The van der Waals surface area contributed by atoms with Gasteiger partial charge < -0.3 is 14.3 Å². The molecule has 2 heterocycles. The summed E-state index contributed by atoms with van der Waals surface area (Å²) >= 11 is 0. The van der Waals surface area contributed by atoms with Gasteiger partial charge in [0.25, 0.3) is 10.0 Å². The summed E-state index contributed by atoms with van der Waals surface area (Å²) in [6.45, 7) is 1.63. The monoisotopic (exact) mass is 315 g/mol. The second-order valence-electron chi connectivity index (χ2n) is 5.46. The highest BCUT2D eigenvalue weighted by Crippen LogP contribution is 2.34. The highest BCUT2D eigenvalue weighted by atomic mass is 32.2. The van der Waals surface area contributed by atoms with Crippen molar-refractivity contribution in [1.82, 2.24) is 4.31 Å². The lowest BCUT2D eigenvalue weighted by Gasteiger charge is -2.23. The number of hydrogen-bond donors (Lipinski definition) is 1. The Morgan fingerprint density at radius 1 is 1.33 bits per heavy atom. The number of aromatic carboxylic acids is 1. The van der Waals surface area contributed by atoms with Gasteiger partial charge in [-0.05, 0) is 37.3 Å². The van der Waals surface area contributed by atoms with Gasteiger partial charge in [0.05, 0.1) is 6.61 Å². The van der Waals surface area contributed by atoms with Crippen molar-refractivity contribution in [2.75, 3.05) is 19.8 Å². The normalized spacial score (nSPS) is 22.8. The van der Waals surface area contributed by atoms with Gasteiger partial charge in [-0.15, -0.1) is 0 Å². The van der Waals surface area contributed by atoms with Crippen molar-refractivity contribution in [3.63, 3.8) is 0 Å². The number of carboxylic acids is 1. The summed E-state index contributed by atoms with van der Waals surface area (Å²) in [6, 6.07) is 2.37. The van der Waals surface area contributed by atoms with E-state index >= 15 is 0 Å². The molecular weight excluding hydrogens is 298 g/mol. The van der Waals surface area contributed by atoms with Crippen molar-refractivity contribution >= 4 is 16.0 Å². The zero-order chi connectivity index (χ0) is 15.0. The fourth-order valence-electron chi connectivity index (χ4n) is 2.48. The quantitative estimate of drug-likeness (QED) is 0.846. The minimum Gasteiger partial charge on any atom is -0.475 e. The van der Waals surface area contributed by atoms with Gasteiger partial charge in [-0.2, -0.15) is 4.31 Å². The maximum atomic E-state index is 12.6. The Kier molecular flexibility index (Phi) is 3.76. The molecule has 1 atom stereocenters. The molecule has 1 saturated heterocycles. The molecule has 8 heteroatoms. The Bertz CT molecular complexity index is 627. The Morgan fingerprint density at radius 3 is 2.62 bits per heavy atom. The molecule has 1 aliphatic heterocycles. The third-order valence-corrected chi connectivity index (χ3v) is 5.56. The van der Waals surface area contributed by atoms with Crippen LogP contribution in [0.5, 0.6) is 0 Å². The first kappa shape index (κ1) is 14.6. The topological polar surface area (TPSA) is 97.0 Å². The summed E-state index contributed by atoms with van der Waals surface area (Å²) in [4.78, 5) is 10.8. The first-order chi connectivity index (χ1) is 9.98. The Labute approximate surface area is 122 Å². The summed E-state index contributed by atoms with van der Waals surface area (Å²) in [7, 11) is -3.79. The van der Waals surface area contributed by atoms with E-state index in [1.807, 2.05) is 0 Å². The molecule has 1 aromatic heterocycles. The standard InChI is InChI=1S/C13H17NO6S/c15-13(16)11-3-4-12(20-11)21(17,18)14(10-1-2-10)7-9-5-6-19-8-9/h3-4,9-10H,1-2,5-8H2,(H,15,16). The van der Waals surface area contributed by atoms with Crippen molar-refractivity contribution in [3.05, 3.63) is 17.9 Å². The van der Waals surface area contributed by atoms with Crippen LogP contribution in [0.25, 0.3) is 0 Å². The van der Waals surface area contributed by atoms with Crippen LogP contribution in [-0.4, -0.2) is 49.6 Å². The molecule has 1 unspecified atom stereocenters. The highest BCUT2D eigenvalue weighted by Gasteiger charge is 2.41. The molecule has 116 valence electrons. The van der Waals surface area contributed by atoms with Crippen LogP contribution in [0.15, 0.2) is 21.6 Å². The number of hydrogen-bond acceptors (Lipinski definition) is 5. The number of carboxylic acid groups (broad SMARTS) is 1. The number of rotatable bonds is 6. The number of ether oxygens (including phenoxy) is 1. The molecule has 0 spiro atoms. The molecule has 0 bridgehead atoms. The molecule has 0 radical (unpaired) electrons. The van der Waals surface area contributed by atoms with Gasteiger partial charge in [0.15, 0.2) is 0 Å². The molecule has 3 rings (SSSR count). The Balaban J connectivity index is 1.83. The van der Waals surface area contributed by atoms with Crippen LogP contribution in [0.4, 0.5) is 0 Å². The number of sulfonamides is 1. The van der Waals surface area contributed by atoms with E-state index in [2.05, 4.69) is 0 Å². The van der Waals surface area contributed by atoms with Crippen molar-refractivity contribution in [2.24, 2.45) is 5.92 Å². The maximum absolute atomic E-state index is 12.6. The lowest BCUT2D eigenvalue weighted by molar-refractivity contribution is 0.0656. The van der Waals surface area contributed by atoms with Crippen molar-refractivity contribution < 1.29 is 27.5 Å². The average molecular weight is 315 g/mol. The molecule has 1 aromatic rings. The van der Waals surface area contributed by atoms with E-state index in [-0.39, 0.29) is 22.8 Å². The predicted octanol–water partition coefficient (Wildman–Crippen LogP) is 1.17. The molecular formula is C13H17NO6S. The molecule has 1 N–H and O–H groups in total. The van der Waals surface area contributed by atoms with E-state index in [4.69, 9.17) is 14.3 Å². The summed E-state index contributed by atoms with van der Waals surface area (Å²) in [5.41, 5.74) is 0. The van der Waals surface area contributed by atoms with Gasteiger partial charge in [-0.1, -0.05) is 0 Å². The fourth-order valence-corrected chi connectivity index (χ4v) is 4.15. The van der Waals surface area contributed by atoms with Crippen LogP contribution in [0.3, 0.4) is 0 Å². The van der Waals surface area contributed by atoms with E-state index in [9.17, 15) is 13.2 Å². The van der Waals surface area contributed by atoms with Crippen LogP contribution in [0, 0.1) is 5.92 Å². The molecule has 7 nitrogen and oxygen atoms in total. The summed E-state index contributed by atoms with van der Waals surface area (Å²) in [5, 5.41) is 8.53. The maximum Gasteiger partial charge on any atom is 0.371 e. The zero-order valence-electron chi connectivity index (χ0n) is 11.4. The third-order valence-electron chi connectivity index (χ3n) is 3.77. The van der Waals surface area contributed by atoms with Crippen molar-refractivity contribution in [3.8, 4) is 0 Å². The summed E-state index contributed by atoms with van der Waals surface area (Å²) < 4.78 is 37.0. The predicted molar refractivity (Wildman–Crippen MR) is 71.5 cm³/mol. The van der Waals surface area contributed by atoms with E-state index in [1.54, 1.807) is 0 Å². The Hall–Kier alpha value is -1.38. The number of furan rings is 1. The second-order valence-corrected chi connectivity index (χ2v) is 7.28. The Morgan fingerprint density at radius 2 is 2.10 bits per heavy atom. The fraction of sp³-hybridized carbons (Fsp3) is 0.615. The molecule has 2 fully saturated rings. The van der Waals surface area contributed by atoms with Gasteiger partial charge in [0.2, 0.25) is 10.9 Å². The third kappa shape index (κ3) is 2.97. The second kappa shape index (κ2) is 5.43. The van der Waals surface area contributed by atoms with E-state index < -0.39 is 16.0 Å². The molecule has 21 heavy (non-hydrogen) atoms. The minimum absolute atomic E-state index is 0.00558. The largest absolute Gasteiger partial charge is 0.475 e.